The molecule has 1 N–H and O–H groups in total. The van der Waals surface area contributed by atoms with E-state index in [2.05, 4.69) is 10.3 Å². The van der Waals surface area contributed by atoms with E-state index < -0.39 is 5.82 Å². The van der Waals surface area contributed by atoms with Crippen LogP contribution in [0.15, 0.2) is 28.8 Å². The molecule has 0 amide bonds. The summed E-state index contributed by atoms with van der Waals surface area (Å²) in [5.41, 5.74) is 0.379. The third-order valence-electron chi connectivity index (χ3n) is 2.87. The highest BCUT2D eigenvalue weighted by atomic mass is 35.5. The number of hydrogen-bond acceptors (Lipinski definition) is 3. The Kier molecular flexibility index (Phi) is 3.06. The van der Waals surface area contributed by atoms with E-state index in [4.69, 9.17) is 16.0 Å². The molecular formula is C13H12ClFN2O. The molecule has 3 nitrogen and oxygen atoms in total. The number of oxazole rings is 1. The number of nitrogens with one attached hydrogen (secondary N) is 1. The minimum Gasteiger partial charge on any atom is -0.439 e. The fraction of sp³-hybridized carbons (Fsp3) is 0.308. The molecule has 0 spiro atoms. The van der Waals surface area contributed by atoms with E-state index in [-0.39, 0.29) is 0 Å². The second-order valence-electron chi connectivity index (χ2n) is 4.40. The van der Waals surface area contributed by atoms with E-state index in [9.17, 15) is 4.39 Å². The molecule has 18 heavy (non-hydrogen) atoms. The SMILES string of the molecule is Fc1cc(Cl)ccc1-c1cnc(CNC2CC2)o1. The molecule has 3 rings (SSSR count). The van der Waals surface area contributed by atoms with Gasteiger partial charge in [0.2, 0.25) is 5.89 Å². The topological polar surface area (TPSA) is 38.1 Å². The Labute approximate surface area is 109 Å². The molecule has 1 aliphatic rings. The molecule has 1 aromatic heterocycles. The van der Waals surface area contributed by atoms with Crippen LogP contribution in [0.25, 0.3) is 11.3 Å². The van der Waals surface area contributed by atoms with Gasteiger partial charge in [-0.2, -0.15) is 0 Å². The lowest BCUT2D eigenvalue weighted by Crippen LogP contribution is -2.15. The van der Waals surface area contributed by atoms with Gasteiger partial charge in [0.05, 0.1) is 18.3 Å². The molecule has 0 unspecified atom stereocenters. The van der Waals surface area contributed by atoms with Crippen molar-refractivity contribution in [2.75, 3.05) is 0 Å². The summed E-state index contributed by atoms with van der Waals surface area (Å²) in [6.45, 7) is 0.583. The van der Waals surface area contributed by atoms with E-state index in [1.165, 1.54) is 25.1 Å². The summed E-state index contributed by atoms with van der Waals surface area (Å²) in [4.78, 5) is 4.13. The second kappa shape index (κ2) is 4.71. The van der Waals surface area contributed by atoms with Gasteiger partial charge in [-0.15, -0.1) is 0 Å². The van der Waals surface area contributed by atoms with Crippen LogP contribution in [0.5, 0.6) is 0 Å². The first-order valence-electron chi connectivity index (χ1n) is 5.86. The van der Waals surface area contributed by atoms with Gasteiger partial charge in [-0.25, -0.2) is 9.37 Å². The maximum atomic E-state index is 13.7. The van der Waals surface area contributed by atoms with Crippen LogP contribution >= 0.6 is 11.6 Å². The number of benzene rings is 1. The van der Waals surface area contributed by atoms with Crippen molar-refractivity contribution in [3.63, 3.8) is 0 Å². The van der Waals surface area contributed by atoms with E-state index >= 15 is 0 Å². The minimum absolute atomic E-state index is 0.367. The van der Waals surface area contributed by atoms with Crippen molar-refractivity contribution in [3.8, 4) is 11.3 Å². The summed E-state index contributed by atoms with van der Waals surface area (Å²) < 4.78 is 19.2. The summed E-state index contributed by atoms with van der Waals surface area (Å²) >= 11 is 5.70. The van der Waals surface area contributed by atoms with Crippen molar-refractivity contribution in [3.05, 3.63) is 41.1 Å². The van der Waals surface area contributed by atoms with Crippen LogP contribution in [0.1, 0.15) is 18.7 Å². The van der Waals surface area contributed by atoms with Gasteiger partial charge in [0.1, 0.15) is 5.82 Å². The fourth-order valence-electron chi connectivity index (χ4n) is 1.72. The molecule has 5 heteroatoms. The van der Waals surface area contributed by atoms with Crippen molar-refractivity contribution in [1.29, 1.82) is 0 Å². The van der Waals surface area contributed by atoms with Crippen molar-refractivity contribution < 1.29 is 8.81 Å². The zero-order valence-electron chi connectivity index (χ0n) is 9.62. The molecule has 1 saturated carbocycles. The summed E-state index contributed by atoms with van der Waals surface area (Å²) in [5, 5.41) is 3.66. The zero-order chi connectivity index (χ0) is 12.5. The maximum Gasteiger partial charge on any atom is 0.208 e. The summed E-state index contributed by atoms with van der Waals surface area (Å²) in [6.07, 6.45) is 3.95. The lowest BCUT2D eigenvalue weighted by atomic mass is 10.2. The van der Waals surface area contributed by atoms with Crippen LogP contribution < -0.4 is 5.32 Å². The van der Waals surface area contributed by atoms with E-state index in [0.717, 1.165) is 0 Å². The fourth-order valence-corrected chi connectivity index (χ4v) is 1.88. The number of halogens is 2. The highest BCUT2D eigenvalue weighted by Gasteiger charge is 2.21. The first kappa shape index (κ1) is 11.7. The molecule has 0 bridgehead atoms. The number of aromatic nitrogens is 1. The van der Waals surface area contributed by atoms with Crippen LogP contribution in [0.2, 0.25) is 5.02 Å². The lowest BCUT2D eigenvalue weighted by molar-refractivity contribution is 0.474. The monoisotopic (exact) mass is 266 g/mol. The van der Waals surface area contributed by atoms with Crippen molar-refractivity contribution in [1.82, 2.24) is 10.3 Å². The smallest absolute Gasteiger partial charge is 0.208 e. The number of hydrogen-bond donors (Lipinski definition) is 1. The van der Waals surface area contributed by atoms with E-state index in [1.54, 1.807) is 12.1 Å². The third kappa shape index (κ3) is 2.54. The standard InChI is InChI=1S/C13H12ClFN2O/c14-8-1-4-10(11(15)5-8)12-6-17-13(18-12)7-16-9-2-3-9/h1,4-6,9,16H,2-3,7H2. The Bertz CT molecular complexity index is 566. The van der Waals surface area contributed by atoms with E-state index in [1.807, 2.05) is 0 Å². The highest BCUT2D eigenvalue weighted by molar-refractivity contribution is 6.30. The van der Waals surface area contributed by atoms with Crippen LogP contribution in [0, 0.1) is 5.82 Å². The molecule has 1 heterocycles. The molecule has 0 atom stereocenters. The summed E-state index contributed by atoms with van der Waals surface area (Å²) in [5.74, 6) is 0.600. The van der Waals surface area contributed by atoms with Crippen molar-refractivity contribution >= 4 is 11.6 Å². The largest absolute Gasteiger partial charge is 0.439 e. The van der Waals surface area contributed by atoms with Crippen LogP contribution in [-0.2, 0) is 6.54 Å². The van der Waals surface area contributed by atoms with Crippen LogP contribution in [0.4, 0.5) is 4.39 Å². The maximum absolute atomic E-state index is 13.7. The lowest BCUT2D eigenvalue weighted by Gasteiger charge is -2.00. The van der Waals surface area contributed by atoms with Gasteiger partial charge >= 0.3 is 0 Å². The Morgan fingerprint density at radius 2 is 2.28 bits per heavy atom. The van der Waals surface area contributed by atoms with E-state index in [0.29, 0.717) is 34.8 Å². The van der Waals surface area contributed by atoms with Crippen molar-refractivity contribution in [2.24, 2.45) is 0 Å². The molecule has 2 aromatic rings. The van der Waals surface area contributed by atoms with Gasteiger partial charge in [0, 0.05) is 11.1 Å². The predicted molar refractivity (Wildman–Crippen MR) is 66.8 cm³/mol. The van der Waals surface area contributed by atoms with Gasteiger partial charge in [0.25, 0.3) is 0 Å². The minimum atomic E-state index is -0.402. The van der Waals surface area contributed by atoms with Gasteiger partial charge in [-0.3, -0.25) is 0 Å². The molecule has 0 aliphatic heterocycles. The molecule has 1 aliphatic carbocycles. The third-order valence-corrected chi connectivity index (χ3v) is 3.10. The predicted octanol–water partition coefficient (Wildman–Crippen LogP) is 3.39. The van der Waals surface area contributed by atoms with Gasteiger partial charge in [0.15, 0.2) is 5.76 Å². The molecule has 94 valence electrons. The Hall–Kier alpha value is -1.39. The first-order chi connectivity index (χ1) is 8.72. The average molecular weight is 267 g/mol. The normalized spacial score (nSPS) is 15.0. The molecular weight excluding hydrogens is 255 g/mol. The number of rotatable bonds is 4. The first-order valence-corrected chi connectivity index (χ1v) is 6.23. The quantitative estimate of drug-likeness (QED) is 0.922. The number of nitrogens with zero attached hydrogens (tertiary/aromatic N) is 1. The Morgan fingerprint density at radius 1 is 1.44 bits per heavy atom. The summed E-state index contributed by atoms with van der Waals surface area (Å²) in [7, 11) is 0. The molecule has 1 fully saturated rings. The zero-order valence-corrected chi connectivity index (χ0v) is 10.4. The Balaban J connectivity index is 1.78. The molecule has 1 aromatic carbocycles. The molecule has 0 radical (unpaired) electrons. The van der Waals surface area contributed by atoms with Crippen LogP contribution in [-0.4, -0.2) is 11.0 Å². The van der Waals surface area contributed by atoms with Gasteiger partial charge in [-0.05, 0) is 31.0 Å². The second-order valence-corrected chi connectivity index (χ2v) is 4.83. The van der Waals surface area contributed by atoms with Gasteiger partial charge in [-0.1, -0.05) is 11.6 Å². The van der Waals surface area contributed by atoms with Gasteiger partial charge < -0.3 is 9.73 Å². The van der Waals surface area contributed by atoms with Crippen molar-refractivity contribution in [2.45, 2.75) is 25.4 Å². The summed E-state index contributed by atoms with van der Waals surface area (Å²) in [6, 6.07) is 5.08. The average Bonchev–Trinajstić information content (AvgIpc) is 3.05. The Morgan fingerprint density at radius 3 is 3.00 bits per heavy atom. The highest BCUT2D eigenvalue weighted by Crippen LogP contribution is 2.26. The molecule has 0 saturated heterocycles. The van der Waals surface area contributed by atoms with Crippen LogP contribution in [0.3, 0.4) is 0 Å².